The summed E-state index contributed by atoms with van der Waals surface area (Å²) in [7, 11) is -3.22. The van der Waals surface area contributed by atoms with Crippen LogP contribution in [0.3, 0.4) is 0 Å². The van der Waals surface area contributed by atoms with Gasteiger partial charge in [-0.3, -0.25) is 4.79 Å². The molecule has 1 aliphatic heterocycles. The number of carbonyl (C=O) groups is 1. The molecule has 5 nitrogen and oxygen atoms in total. The first-order valence-corrected chi connectivity index (χ1v) is 11.5. The van der Waals surface area contributed by atoms with Crippen LogP contribution < -0.4 is 4.72 Å². The van der Waals surface area contributed by atoms with Gasteiger partial charge in [-0.05, 0) is 30.5 Å². The van der Waals surface area contributed by atoms with Gasteiger partial charge in [0.2, 0.25) is 15.9 Å². The fraction of sp³-hybridized carbons (Fsp3) is 0.421. The van der Waals surface area contributed by atoms with E-state index in [4.69, 9.17) is 0 Å². The highest BCUT2D eigenvalue weighted by molar-refractivity contribution is 7.88. The molecule has 1 saturated heterocycles. The van der Waals surface area contributed by atoms with E-state index in [1.807, 2.05) is 23.1 Å². The van der Waals surface area contributed by atoms with Gasteiger partial charge in [-0.2, -0.15) is 0 Å². The maximum Gasteiger partial charge on any atom is 0.226 e. The zero-order chi connectivity index (χ0) is 18.3. The van der Waals surface area contributed by atoms with E-state index >= 15 is 0 Å². The van der Waals surface area contributed by atoms with E-state index in [9.17, 15) is 13.2 Å². The van der Waals surface area contributed by atoms with Crippen molar-refractivity contribution in [1.29, 1.82) is 0 Å². The highest BCUT2D eigenvalue weighted by atomic mass is 32.2. The molecule has 1 N–H and O–H groups in total. The SMILES string of the molecule is CS(=O)(=O)N[C@H]1CCN(C(=O)[C@@H]2C[C@H]2c2ccc(-c3ccccc3)s2)C1. The summed E-state index contributed by atoms with van der Waals surface area (Å²) < 4.78 is 25.3. The first-order valence-electron chi connectivity index (χ1n) is 8.82. The Bertz CT molecular complexity index is 908. The summed E-state index contributed by atoms with van der Waals surface area (Å²) in [6, 6.07) is 14.4. The molecular formula is C19H22N2O3S2. The molecular weight excluding hydrogens is 368 g/mol. The monoisotopic (exact) mass is 390 g/mol. The number of rotatable bonds is 5. The largest absolute Gasteiger partial charge is 0.341 e. The van der Waals surface area contributed by atoms with Gasteiger partial charge in [0.15, 0.2) is 0 Å². The molecule has 1 aromatic heterocycles. The van der Waals surface area contributed by atoms with Crippen LogP contribution in [-0.2, 0) is 14.8 Å². The van der Waals surface area contributed by atoms with Gasteiger partial charge in [0.05, 0.1) is 6.26 Å². The lowest BCUT2D eigenvalue weighted by Gasteiger charge is -2.16. The molecule has 0 radical (unpaired) electrons. The van der Waals surface area contributed by atoms with E-state index in [1.165, 1.54) is 15.3 Å². The Morgan fingerprint density at radius 2 is 1.96 bits per heavy atom. The molecule has 2 aromatic rings. The summed E-state index contributed by atoms with van der Waals surface area (Å²) in [6.45, 7) is 1.11. The second-order valence-corrected chi connectivity index (χ2v) is 10.1. The van der Waals surface area contributed by atoms with Gasteiger partial charge in [0, 0.05) is 40.7 Å². The predicted octanol–water partition coefficient (Wildman–Crippen LogP) is 2.67. The van der Waals surface area contributed by atoms with Crippen molar-refractivity contribution in [3.63, 3.8) is 0 Å². The Balaban J connectivity index is 1.37. The minimum absolute atomic E-state index is 0.0502. The van der Waals surface area contributed by atoms with E-state index in [0.29, 0.717) is 25.4 Å². The summed E-state index contributed by atoms with van der Waals surface area (Å²) >= 11 is 1.77. The van der Waals surface area contributed by atoms with Crippen LogP contribution in [0, 0.1) is 5.92 Å². The quantitative estimate of drug-likeness (QED) is 0.854. The van der Waals surface area contributed by atoms with Crippen LogP contribution in [-0.4, -0.2) is 44.6 Å². The minimum atomic E-state index is -3.22. The molecule has 0 unspecified atom stereocenters. The van der Waals surface area contributed by atoms with Gasteiger partial charge < -0.3 is 4.90 Å². The summed E-state index contributed by atoms with van der Waals surface area (Å²) in [4.78, 5) is 17.1. The zero-order valence-electron chi connectivity index (χ0n) is 14.6. The van der Waals surface area contributed by atoms with Crippen molar-refractivity contribution in [3.05, 3.63) is 47.3 Å². The second-order valence-electron chi connectivity index (χ2n) is 7.18. The fourth-order valence-corrected chi connectivity index (χ4v) is 5.68. The Morgan fingerprint density at radius 1 is 1.19 bits per heavy atom. The van der Waals surface area contributed by atoms with Gasteiger partial charge in [-0.1, -0.05) is 30.3 Å². The van der Waals surface area contributed by atoms with Crippen molar-refractivity contribution in [2.75, 3.05) is 19.3 Å². The lowest BCUT2D eigenvalue weighted by atomic mass is 10.2. The van der Waals surface area contributed by atoms with Gasteiger partial charge in [-0.15, -0.1) is 11.3 Å². The normalized spacial score (nSPS) is 25.4. The van der Waals surface area contributed by atoms with E-state index in [2.05, 4.69) is 29.0 Å². The summed E-state index contributed by atoms with van der Waals surface area (Å²) in [5.41, 5.74) is 1.21. The minimum Gasteiger partial charge on any atom is -0.341 e. The third kappa shape index (κ3) is 3.84. The summed E-state index contributed by atoms with van der Waals surface area (Å²) in [5, 5.41) is 0. The first kappa shape index (κ1) is 17.7. The van der Waals surface area contributed by atoms with E-state index in [-0.39, 0.29) is 17.9 Å². The van der Waals surface area contributed by atoms with Crippen LogP contribution in [0.1, 0.15) is 23.6 Å². The molecule has 7 heteroatoms. The van der Waals surface area contributed by atoms with Crippen LogP contribution in [0.2, 0.25) is 0 Å². The van der Waals surface area contributed by atoms with E-state index < -0.39 is 10.0 Å². The van der Waals surface area contributed by atoms with E-state index in [0.717, 1.165) is 12.7 Å². The van der Waals surface area contributed by atoms with Crippen LogP contribution in [0.5, 0.6) is 0 Å². The van der Waals surface area contributed by atoms with Crippen molar-refractivity contribution in [2.45, 2.75) is 24.8 Å². The van der Waals surface area contributed by atoms with Gasteiger partial charge >= 0.3 is 0 Å². The van der Waals surface area contributed by atoms with E-state index in [1.54, 1.807) is 11.3 Å². The molecule has 4 rings (SSSR count). The highest BCUT2D eigenvalue weighted by Crippen LogP contribution is 2.51. The number of carbonyl (C=O) groups excluding carboxylic acids is 1. The fourth-order valence-electron chi connectivity index (χ4n) is 3.69. The zero-order valence-corrected chi connectivity index (χ0v) is 16.2. The number of sulfonamides is 1. The molecule has 2 heterocycles. The Labute approximate surface area is 158 Å². The van der Waals surface area contributed by atoms with Crippen molar-refractivity contribution in [3.8, 4) is 10.4 Å². The number of thiophene rings is 1. The molecule has 138 valence electrons. The lowest BCUT2D eigenvalue weighted by Crippen LogP contribution is -2.38. The molecule has 26 heavy (non-hydrogen) atoms. The number of hydrogen-bond donors (Lipinski definition) is 1. The van der Waals surface area contributed by atoms with Crippen LogP contribution in [0.4, 0.5) is 0 Å². The molecule has 1 aliphatic carbocycles. The Hall–Kier alpha value is -1.70. The van der Waals surface area contributed by atoms with Crippen molar-refractivity contribution < 1.29 is 13.2 Å². The van der Waals surface area contributed by atoms with Crippen molar-refractivity contribution in [1.82, 2.24) is 9.62 Å². The maximum absolute atomic E-state index is 12.7. The van der Waals surface area contributed by atoms with Crippen molar-refractivity contribution in [2.24, 2.45) is 5.92 Å². The number of amides is 1. The number of likely N-dealkylation sites (tertiary alicyclic amines) is 1. The number of nitrogens with zero attached hydrogens (tertiary/aromatic N) is 1. The van der Waals surface area contributed by atoms with Crippen molar-refractivity contribution >= 4 is 27.3 Å². The molecule has 1 saturated carbocycles. The topological polar surface area (TPSA) is 66.5 Å². The molecule has 2 fully saturated rings. The van der Waals surface area contributed by atoms with Gasteiger partial charge in [0.1, 0.15) is 0 Å². The van der Waals surface area contributed by atoms with Gasteiger partial charge in [0.25, 0.3) is 0 Å². The lowest BCUT2D eigenvalue weighted by molar-refractivity contribution is -0.131. The van der Waals surface area contributed by atoms with Gasteiger partial charge in [-0.25, -0.2) is 13.1 Å². The first-order chi connectivity index (χ1) is 12.4. The molecule has 0 spiro atoms. The average Bonchev–Trinajstić information content (AvgIpc) is 3.02. The number of nitrogens with one attached hydrogen (secondary N) is 1. The molecule has 1 aromatic carbocycles. The standard InChI is InChI=1S/C19H22N2O3S2/c1-26(23,24)20-14-9-10-21(12-14)19(22)16-11-15(16)18-8-7-17(25-18)13-5-3-2-4-6-13/h2-8,14-16,20H,9-12H2,1H3/t14-,15+,16+/m0/s1. The third-order valence-electron chi connectivity index (χ3n) is 5.04. The smallest absolute Gasteiger partial charge is 0.226 e. The molecule has 3 atom stereocenters. The van der Waals surface area contributed by atoms with Crippen LogP contribution >= 0.6 is 11.3 Å². The molecule has 1 amide bonds. The van der Waals surface area contributed by atoms with Crippen LogP contribution in [0.15, 0.2) is 42.5 Å². The second kappa shape index (κ2) is 6.79. The number of hydrogen-bond acceptors (Lipinski definition) is 4. The predicted molar refractivity (Wildman–Crippen MR) is 104 cm³/mol. The summed E-state index contributed by atoms with van der Waals surface area (Å²) in [5.74, 6) is 0.531. The maximum atomic E-state index is 12.7. The molecule has 0 bridgehead atoms. The Morgan fingerprint density at radius 3 is 2.69 bits per heavy atom. The number of benzene rings is 1. The Kier molecular flexibility index (Phi) is 4.62. The molecule has 2 aliphatic rings. The summed E-state index contributed by atoms with van der Waals surface area (Å²) in [6.07, 6.45) is 2.75. The highest BCUT2D eigenvalue weighted by Gasteiger charge is 2.47. The van der Waals surface area contributed by atoms with Crippen LogP contribution in [0.25, 0.3) is 10.4 Å². The average molecular weight is 391 g/mol. The third-order valence-corrected chi connectivity index (χ3v) is 7.07.